The van der Waals surface area contributed by atoms with Crippen molar-refractivity contribution in [3.63, 3.8) is 0 Å². The molecule has 0 bridgehead atoms. The predicted molar refractivity (Wildman–Crippen MR) is 138 cm³/mol. The Morgan fingerprint density at radius 3 is 1.46 bits per heavy atom. The maximum absolute atomic E-state index is 12.8. The first-order valence-corrected chi connectivity index (χ1v) is 11.7. The molecular weight excluding hydrogens is 483 g/mol. The van der Waals surface area contributed by atoms with Gasteiger partial charge in [-0.25, -0.2) is 9.59 Å². The third-order valence-electron chi connectivity index (χ3n) is 5.34. The molecule has 0 aliphatic heterocycles. The number of hydrogen-bond donors (Lipinski definition) is 0. The highest BCUT2D eigenvalue weighted by Crippen LogP contribution is 2.31. The Kier molecular flexibility index (Phi) is 7.54. The quantitative estimate of drug-likeness (QED) is 0.200. The predicted octanol–water partition coefficient (Wildman–Crippen LogP) is 7.64. The van der Waals surface area contributed by atoms with Crippen LogP contribution in [0.15, 0.2) is 84.9 Å². The first-order valence-electron chi connectivity index (χ1n) is 10.9. The van der Waals surface area contributed by atoms with Gasteiger partial charge in [0.25, 0.3) is 0 Å². The largest absolute Gasteiger partial charge is 0.423 e. The zero-order valence-corrected chi connectivity index (χ0v) is 20.7. The van der Waals surface area contributed by atoms with E-state index in [1.165, 1.54) is 0 Å². The van der Waals surface area contributed by atoms with Gasteiger partial charge in [0, 0.05) is 27.6 Å². The van der Waals surface area contributed by atoms with Gasteiger partial charge >= 0.3 is 11.9 Å². The minimum Gasteiger partial charge on any atom is -0.423 e. The van der Waals surface area contributed by atoms with E-state index in [-0.39, 0.29) is 6.42 Å². The van der Waals surface area contributed by atoms with E-state index in [1.807, 2.05) is 26.0 Å². The number of carbonyl (C=O) groups is 2. The number of ether oxygens (including phenoxy) is 2. The molecular formula is C29H22Cl2O4. The van der Waals surface area contributed by atoms with Crippen molar-refractivity contribution in [2.75, 3.05) is 0 Å². The number of rotatable bonds is 6. The second-order valence-electron chi connectivity index (χ2n) is 8.20. The van der Waals surface area contributed by atoms with Gasteiger partial charge in [-0.05, 0) is 74.5 Å². The number of hydrogen-bond acceptors (Lipinski definition) is 4. The second kappa shape index (κ2) is 10.8. The van der Waals surface area contributed by atoms with E-state index < -0.39 is 11.9 Å². The van der Waals surface area contributed by atoms with Crippen molar-refractivity contribution < 1.29 is 19.1 Å². The molecule has 0 radical (unpaired) electrons. The van der Waals surface area contributed by atoms with Crippen molar-refractivity contribution in [3.05, 3.63) is 128 Å². The summed E-state index contributed by atoms with van der Waals surface area (Å²) in [6, 6.07) is 24.4. The minimum absolute atomic E-state index is 0.272. The molecule has 6 heteroatoms. The summed E-state index contributed by atoms with van der Waals surface area (Å²) >= 11 is 12.5. The molecule has 0 aliphatic rings. The van der Waals surface area contributed by atoms with Crippen LogP contribution < -0.4 is 9.47 Å². The normalized spacial score (nSPS) is 10.6. The summed E-state index contributed by atoms with van der Waals surface area (Å²) in [6.07, 6.45) is 0.272. The fraction of sp³-hybridized carbons (Fsp3) is 0.103. The van der Waals surface area contributed by atoms with Gasteiger partial charge in [0.15, 0.2) is 0 Å². The molecule has 4 rings (SSSR count). The molecule has 4 aromatic carbocycles. The SMILES string of the molecule is Cc1cccc(C(=O)Oc2ccc(Cl)cc2Cc2cc(Cl)ccc2OC(=O)c2cccc(C)c2)c1. The number of benzene rings is 4. The molecule has 35 heavy (non-hydrogen) atoms. The Morgan fingerprint density at radius 2 is 1.06 bits per heavy atom. The van der Waals surface area contributed by atoms with Crippen LogP contribution in [0.4, 0.5) is 0 Å². The minimum atomic E-state index is -0.477. The summed E-state index contributed by atoms with van der Waals surface area (Å²) in [4.78, 5) is 25.5. The van der Waals surface area contributed by atoms with Crippen LogP contribution in [0.3, 0.4) is 0 Å². The fourth-order valence-corrected chi connectivity index (χ4v) is 4.03. The Bertz CT molecular complexity index is 1300. The average Bonchev–Trinajstić information content (AvgIpc) is 2.82. The lowest BCUT2D eigenvalue weighted by Gasteiger charge is -2.14. The summed E-state index contributed by atoms with van der Waals surface area (Å²) in [7, 11) is 0. The number of halogens is 2. The van der Waals surface area contributed by atoms with E-state index >= 15 is 0 Å². The van der Waals surface area contributed by atoms with E-state index in [9.17, 15) is 9.59 Å². The third-order valence-corrected chi connectivity index (χ3v) is 5.81. The highest BCUT2D eigenvalue weighted by molar-refractivity contribution is 6.31. The molecule has 0 aliphatic carbocycles. The van der Waals surface area contributed by atoms with Gasteiger partial charge in [-0.1, -0.05) is 58.6 Å². The number of carbonyl (C=O) groups excluding carboxylic acids is 2. The van der Waals surface area contributed by atoms with Crippen LogP contribution >= 0.6 is 23.2 Å². The molecule has 0 N–H and O–H groups in total. The fourth-order valence-electron chi connectivity index (χ4n) is 3.64. The van der Waals surface area contributed by atoms with Crippen molar-refractivity contribution in [2.45, 2.75) is 20.3 Å². The van der Waals surface area contributed by atoms with Gasteiger partial charge in [0.1, 0.15) is 11.5 Å². The molecule has 4 nitrogen and oxygen atoms in total. The Hall–Kier alpha value is -3.60. The van der Waals surface area contributed by atoms with Gasteiger partial charge in [-0.2, -0.15) is 0 Å². The van der Waals surface area contributed by atoms with Gasteiger partial charge in [0.05, 0.1) is 11.1 Å². The molecule has 0 aromatic heterocycles. The second-order valence-corrected chi connectivity index (χ2v) is 9.07. The smallest absolute Gasteiger partial charge is 0.343 e. The Balaban J connectivity index is 1.62. The van der Waals surface area contributed by atoms with E-state index in [1.54, 1.807) is 72.8 Å². The van der Waals surface area contributed by atoms with Crippen LogP contribution in [0.25, 0.3) is 0 Å². The monoisotopic (exact) mass is 504 g/mol. The van der Waals surface area contributed by atoms with E-state index in [0.717, 1.165) is 11.1 Å². The lowest BCUT2D eigenvalue weighted by molar-refractivity contribution is 0.0725. The highest BCUT2D eigenvalue weighted by Gasteiger charge is 2.17. The van der Waals surface area contributed by atoms with Gasteiger partial charge in [0.2, 0.25) is 0 Å². The lowest BCUT2D eigenvalue weighted by Crippen LogP contribution is -2.11. The molecule has 0 saturated carbocycles. The van der Waals surface area contributed by atoms with E-state index in [0.29, 0.717) is 43.8 Å². The molecule has 0 heterocycles. The molecule has 0 atom stereocenters. The van der Waals surface area contributed by atoms with Crippen LogP contribution in [-0.2, 0) is 6.42 Å². The van der Waals surface area contributed by atoms with Crippen LogP contribution in [-0.4, -0.2) is 11.9 Å². The molecule has 0 amide bonds. The molecule has 176 valence electrons. The standard InChI is InChI=1S/C29H22Cl2O4/c1-18-5-3-7-20(13-18)28(32)34-26-11-9-24(30)16-22(26)15-23-17-25(31)10-12-27(23)35-29(33)21-8-4-6-19(2)14-21/h3-14,16-17H,15H2,1-2H3. The maximum atomic E-state index is 12.8. The average molecular weight is 505 g/mol. The van der Waals surface area contributed by atoms with Gasteiger partial charge in [-0.15, -0.1) is 0 Å². The zero-order chi connectivity index (χ0) is 24.9. The first-order chi connectivity index (χ1) is 16.8. The molecule has 0 spiro atoms. The van der Waals surface area contributed by atoms with Gasteiger partial charge in [-0.3, -0.25) is 0 Å². The summed E-state index contributed by atoms with van der Waals surface area (Å²) in [5, 5.41) is 0.964. The number of aryl methyl sites for hydroxylation is 2. The van der Waals surface area contributed by atoms with Crippen molar-refractivity contribution >= 4 is 35.1 Å². The maximum Gasteiger partial charge on any atom is 0.343 e. The first kappa shape index (κ1) is 24.5. The van der Waals surface area contributed by atoms with Crippen molar-refractivity contribution in [1.82, 2.24) is 0 Å². The molecule has 4 aromatic rings. The summed E-state index contributed by atoms with van der Waals surface area (Å²) in [5.74, 6) is -0.238. The molecule has 0 fully saturated rings. The Morgan fingerprint density at radius 1 is 0.629 bits per heavy atom. The summed E-state index contributed by atoms with van der Waals surface area (Å²) in [5.41, 5.74) is 4.09. The number of esters is 2. The van der Waals surface area contributed by atoms with Crippen molar-refractivity contribution in [2.24, 2.45) is 0 Å². The van der Waals surface area contributed by atoms with E-state index in [2.05, 4.69) is 0 Å². The van der Waals surface area contributed by atoms with Gasteiger partial charge < -0.3 is 9.47 Å². The molecule has 0 saturated heterocycles. The van der Waals surface area contributed by atoms with E-state index in [4.69, 9.17) is 32.7 Å². The van der Waals surface area contributed by atoms with Crippen LogP contribution in [0.2, 0.25) is 10.0 Å². The topological polar surface area (TPSA) is 52.6 Å². The van der Waals surface area contributed by atoms with Crippen LogP contribution in [0, 0.1) is 13.8 Å². The summed E-state index contributed by atoms with van der Waals surface area (Å²) < 4.78 is 11.4. The molecule has 0 unspecified atom stereocenters. The van der Waals surface area contributed by atoms with Crippen molar-refractivity contribution in [1.29, 1.82) is 0 Å². The van der Waals surface area contributed by atoms with Crippen LogP contribution in [0.1, 0.15) is 43.0 Å². The van der Waals surface area contributed by atoms with Crippen LogP contribution in [0.5, 0.6) is 11.5 Å². The highest BCUT2D eigenvalue weighted by atomic mass is 35.5. The third kappa shape index (κ3) is 6.30. The van der Waals surface area contributed by atoms with Crippen molar-refractivity contribution in [3.8, 4) is 11.5 Å². The Labute approximate surface area is 214 Å². The summed E-state index contributed by atoms with van der Waals surface area (Å²) in [6.45, 7) is 3.81. The zero-order valence-electron chi connectivity index (χ0n) is 19.2. The lowest BCUT2D eigenvalue weighted by atomic mass is 10.0.